The van der Waals surface area contributed by atoms with E-state index in [-0.39, 0.29) is 5.78 Å². The molecular weight excluding hydrogens is 218 g/mol. The minimum absolute atomic E-state index is 0.234. The second-order valence-electron chi connectivity index (χ2n) is 4.87. The van der Waals surface area contributed by atoms with E-state index in [1.807, 2.05) is 0 Å². The summed E-state index contributed by atoms with van der Waals surface area (Å²) >= 11 is 0. The number of carbonyl (C=O) groups is 1. The first-order chi connectivity index (χ1) is 8.33. The first kappa shape index (κ1) is 11.0. The highest BCUT2D eigenvalue weighted by molar-refractivity contribution is 5.98. The van der Waals surface area contributed by atoms with Crippen LogP contribution in [0.3, 0.4) is 0 Å². The Morgan fingerprint density at radius 3 is 2.94 bits per heavy atom. The van der Waals surface area contributed by atoms with Crippen molar-refractivity contribution in [2.75, 3.05) is 32.8 Å². The molecule has 1 unspecified atom stereocenters. The molecule has 0 amide bonds. The summed E-state index contributed by atoms with van der Waals surface area (Å²) in [6.07, 6.45) is 3.18. The lowest BCUT2D eigenvalue weighted by molar-refractivity contribution is 0.0292. The average molecular weight is 235 g/mol. The number of carbonyl (C=O) groups excluding carboxylic acids is 1. The summed E-state index contributed by atoms with van der Waals surface area (Å²) in [4.78, 5) is 14.3. The Morgan fingerprint density at radius 1 is 1.29 bits per heavy atom. The van der Waals surface area contributed by atoms with Crippen molar-refractivity contribution in [1.29, 1.82) is 0 Å². The number of ether oxygens (including phenoxy) is 1. The van der Waals surface area contributed by atoms with E-state index >= 15 is 0 Å². The third-order valence-electron chi connectivity index (χ3n) is 3.61. The van der Waals surface area contributed by atoms with E-state index in [1.165, 1.54) is 0 Å². The quantitative estimate of drug-likeness (QED) is 0.776. The first-order valence-corrected chi connectivity index (χ1v) is 6.22. The summed E-state index contributed by atoms with van der Waals surface area (Å²) in [6.45, 7) is 4.57. The molecule has 92 valence electrons. The van der Waals surface area contributed by atoms with Crippen molar-refractivity contribution in [3.63, 3.8) is 0 Å². The molecule has 4 nitrogen and oxygen atoms in total. The highest BCUT2D eigenvalue weighted by Gasteiger charge is 2.28. The monoisotopic (exact) mass is 235 g/mol. The molecule has 1 aliphatic carbocycles. The molecule has 17 heavy (non-hydrogen) atoms. The van der Waals surface area contributed by atoms with Crippen LogP contribution in [0.1, 0.15) is 22.5 Å². The van der Waals surface area contributed by atoms with Crippen LogP contribution in [0.15, 0.2) is 16.7 Å². The van der Waals surface area contributed by atoms with Gasteiger partial charge in [-0.3, -0.25) is 9.69 Å². The predicted molar refractivity (Wildman–Crippen MR) is 62.1 cm³/mol. The normalized spacial score (nSPS) is 25.9. The van der Waals surface area contributed by atoms with Gasteiger partial charge in [-0.15, -0.1) is 0 Å². The third-order valence-corrected chi connectivity index (χ3v) is 3.61. The highest BCUT2D eigenvalue weighted by Crippen LogP contribution is 2.27. The zero-order valence-corrected chi connectivity index (χ0v) is 9.85. The molecule has 4 heteroatoms. The van der Waals surface area contributed by atoms with E-state index in [2.05, 4.69) is 4.90 Å². The van der Waals surface area contributed by atoms with E-state index in [4.69, 9.17) is 9.15 Å². The summed E-state index contributed by atoms with van der Waals surface area (Å²) in [7, 11) is 0. The Morgan fingerprint density at radius 2 is 2.12 bits per heavy atom. The maximum absolute atomic E-state index is 11.9. The molecular formula is C13H17NO3. The summed E-state index contributed by atoms with van der Waals surface area (Å²) in [5.41, 5.74) is 0.795. The van der Waals surface area contributed by atoms with E-state index < -0.39 is 0 Å². The van der Waals surface area contributed by atoms with Gasteiger partial charge in [0, 0.05) is 32.5 Å². The minimum atomic E-state index is 0.234. The minimum Gasteiger partial charge on any atom is -0.469 e. The van der Waals surface area contributed by atoms with Crippen molar-refractivity contribution >= 4 is 5.78 Å². The van der Waals surface area contributed by atoms with Gasteiger partial charge in [-0.1, -0.05) is 0 Å². The molecule has 3 rings (SSSR count). The van der Waals surface area contributed by atoms with E-state index in [1.54, 1.807) is 12.3 Å². The molecule has 2 aliphatic rings. The Bertz CT molecular complexity index is 407. The lowest BCUT2D eigenvalue weighted by Gasteiger charge is -2.31. The van der Waals surface area contributed by atoms with Gasteiger partial charge in [0.15, 0.2) is 5.78 Å². The fourth-order valence-corrected chi connectivity index (χ4v) is 2.73. The fourth-order valence-electron chi connectivity index (χ4n) is 2.73. The summed E-state index contributed by atoms with van der Waals surface area (Å²) < 4.78 is 10.7. The Balaban J connectivity index is 1.64. The van der Waals surface area contributed by atoms with Gasteiger partial charge in [-0.25, -0.2) is 0 Å². The van der Waals surface area contributed by atoms with E-state index in [9.17, 15) is 4.79 Å². The van der Waals surface area contributed by atoms with Crippen molar-refractivity contribution in [3.05, 3.63) is 23.7 Å². The Labute approximate surface area is 101 Å². The topological polar surface area (TPSA) is 42.7 Å². The molecule has 1 aromatic rings. The van der Waals surface area contributed by atoms with Crippen LogP contribution < -0.4 is 0 Å². The number of ketones is 1. The zero-order chi connectivity index (χ0) is 11.7. The molecule has 0 radical (unpaired) electrons. The second kappa shape index (κ2) is 4.63. The summed E-state index contributed by atoms with van der Waals surface area (Å²) in [6, 6.07) is 1.79. The molecule has 1 atom stereocenters. The van der Waals surface area contributed by atoms with Crippen LogP contribution in [0.5, 0.6) is 0 Å². The van der Waals surface area contributed by atoms with Crippen LogP contribution >= 0.6 is 0 Å². The van der Waals surface area contributed by atoms with Gasteiger partial charge in [0.1, 0.15) is 5.76 Å². The largest absolute Gasteiger partial charge is 0.469 e. The number of nitrogens with zero attached hydrogens (tertiary/aromatic N) is 1. The predicted octanol–water partition coefficient (Wildman–Crippen LogP) is 1.36. The van der Waals surface area contributed by atoms with Gasteiger partial charge in [0.2, 0.25) is 0 Å². The van der Waals surface area contributed by atoms with Crippen LogP contribution in [-0.2, 0) is 11.2 Å². The molecule has 0 bridgehead atoms. The molecule has 0 N–H and O–H groups in total. The van der Waals surface area contributed by atoms with Crippen molar-refractivity contribution < 1.29 is 13.9 Å². The van der Waals surface area contributed by atoms with Crippen LogP contribution in [0.25, 0.3) is 0 Å². The summed E-state index contributed by atoms with van der Waals surface area (Å²) in [5.74, 6) is 1.51. The first-order valence-electron chi connectivity index (χ1n) is 6.22. The molecule has 1 aromatic heterocycles. The SMILES string of the molecule is O=C1CC(CN2CCOCC2)Cc2occc21. The van der Waals surface area contributed by atoms with Crippen molar-refractivity contribution in [1.82, 2.24) is 4.90 Å². The van der Waals surface area contributed by atoms with Gasteiger partial charge in [0.05, 0.1) is 25.0 Å². The van der Waals surface area contributed by atoms with Crippen LogP contribution in [0.4, 0.5) is 0 Å². The van der Waals surface area contributed by atoms with Gasteiger partial charge < -0.3 is 9.15 Å². The van der Waals surface area contributed by atoms with Gasteiger partial charge >= 0.3 is 0 Å². The lowest BCUT2D eigenvalue weighted by atomic mass is 9.87. The Hall–Kier alpha value is -1.13. The van der Waals surface area contributed by atoms with Crippen LogP contribution in [-0.4, -0.2) is 43.5 Å². The van der Waals surface area contributed by atoms with Gasteiger partial charge in [0.25, 0.3) is 0 Å². The number of furan rings is 1. The molecule has 2 heterocycles. The number of hydrogen-bond acceptors (Lipinski definition) is 4. The van der Waals surface area contributed by atoms with Crippen LogP contribution in [0.2, 0.25) is 0 Å². The molecule has 1 fully saturated rings. The smallest absolute Gasteiger partial charge is 0.166 e. The fraction of sp³-hybridized carbons (Fsp3) is 0.615. The molecule has 1 aliphatic heterocycles. The molecule has 1 saturated heterocycles. The number of fused-ring (bicyclic) bond motifs is 1. The summed E-state index contributed by atoms with van der Waals surface area (Å²) in [5, 5.41) is 0. The number of Topliss-reactive ketones (excluding diaryl/α,β-unsaturated/α-hetero) is 1. The number of hydrogen-bond donors (Lipinski definition) is 0. The number of rotatable bonds is 2. The van der Waals surface area contributed by atoms with Crippen molar-refractivity contribution in [2.45, 2.75) is 12.8 Å². The van der Waals surface area contributed by atoms with Gasteiger partial charge in [-0.2, -0.15) is 0 Å². The number of morpholine rings is 1. The standard InChI is InChI=1S/C13H17NO3/c15-12-7-10(8-13-11(12)1-4-17-13)9-14-2-5-16-6-3-14/h1,4,10H,2-3,5-9H2. The van der Waals surface area contributed by atoms with Crippen molar-refractivity contribution in [3.8, 4) is 0 Å². The Kier molecular flexibility index (Phi) is 2.99. The molecule has 0 spiro atoms. The molecule has 0 aromatic carbocycles. The van der Waals surface area contributed by atoms with Crippen LogP contribution in [0, 0.1) is 5.92 Å². The molecule has 0 saturated carbocycles. The van der Waals surface area contributed by atoms with Crippen molar-refractivity contribution in [2.24, 2.45) is 5.92 Å². The van der Waals surface area contributed by atoms with E-state index in [0.717, 1.165) is 50.6 Å². The third kappa shape index (κ3) is 2.28. The van der Waals surface area contributed by atoms with Gasteiger partial charge in [-0.05, 0) is 12.0 Å². The van der Waals surface area contributed by atoms with E-state index in [0.29, 0.717) is 12.3 Å². The second-order valence-corrected chi connectivity index (χ2v) is 4.87. The maximum atomic E-state index is 11.9. The highest BCUT2D eigenvalue weighted by atomic mass is 16.5. The maximum Gasteiger partial charge on any atom is 0.166 e. The average Bonchev–Trinajstić information content (AvgIpc) is 2.79. The lowest BCUT2D eigenvalue weighted by Crippen LogP contribution is -2.40. The zero-order valence-electron chi connectivity index (χ0n) is 9.85.